The molecule has 26 heavy (non-hydrogen) atoms. The molecule has 0 amide bonds. The standard InChI is InChI=1S/C25H18O/c1-17-20(18-8-3-2-4-9-18)11-7-12-21(17)19-14-15-23-22-10-5-6-13-24(22)26-25(23)16-19/h2-16H,1H3. The quantitative estimate of drug-likeness (QED) is 0.332. The van der Waals surface area contributed by atoms with E-state index in [-0.39, 0.29) is 0 Å². The summed E-state index contributed by atoms with van der Waals surface area (Å²) < 4.78 is 6.07. The summed E-state index contributed by atoms with van der Waals surface area (Å²) in [5.41, 5.74) is 8.11. The second-order valence-electron chi connectivity index (χ2n) is 6.65. The molecule has 0 saturated carbocycles. The third kappa shape index (κ3) is 2.33. The van der Waals surface area contributed by atoms with Gasteiger partial charge in [0.1, 0.15) is 11.2 Å². The Morgan fingerprint density at radius 2 is 1.23 bits per heavy atom. The molecule has 1 heteroatoms. The van der Waals surface area contributed by atoms with Gasteiger partial charge in [0.15, 0.2) is 0 Å². The Morgan fingerprint density at radius 3 is 2.08 bits per heavy atom. The van der Waals surface area contributed by atoms with Crippen molar-refractivity contribution in [2.24, 2.45) is 0 Å². The molecule has 5 aromatic rings. The van der Waals surface area contributed by atoms with Crippen molar-refractivity contribution in [1.29, 1.82) is 0 Å². The smallest absolute Gasteiger partial charge is 0.136 e. The van der Waals surface area contributed by atoms with Gasteiger partial charge in [0, 0.05) is 10.8 Å². The predicted octanol–water partition coefficient (Wildman–Crippen LogP) is 7.23. The van der Waals surface area contributed by atoms with Crippen LogP contribution in [0.1, 0.15) is 5.56 Å². The summed E-state index contributed by atoms with van der Waals surface area (Å²) in [6, 6.07) is 31.8. The summed E-state index contributed by atoms with van der Waals surface area (Å²) in [4.78, 5) is 0. The van der Waals surface area contributed by atoms with Gasteiger partial charge in [-0.1, -0.05) is 72.8 Å². The molecule has 1 nitrogen and oxygen atoms in total. The second-order valence-corrected chi connectivity index (χ2v) is 6.65. The number of furan rings is 1. The topological polar surface area (TPSA) is 13.1 Å². The van der Waals surface area contributed by atoms with E-state index in [4.69, 9.17) is 4.42 Å². The Morgan fingerprint density at radius 1 is 0.538 bits per heavy atom. The van der Waals surface area contributed by atoms with E-state index in [1.165, 1.54) is 38.6 Å². The zero-order chi connectivity index (χ0) is 17.5. The molecule has 0 aliphatic rings. The summed E-state index contributed by atoms with van der Waals surface area (Å²) >= 11 is 0. The van der Waals surface area contributed by atoms with E-state index in [1.54, 1.807) is 0 Å². The molecule has 0 aliphatic heterocycles. The molecule has 0 N–H and O–H groups in total. The fourth-order valence-corrected chi connectivity index (χ4v) is 3.77. The largest absolute Gasteiger partial charge is 0.456 e. The van der Waals surface area contributed by atoms with Gasteiger partial charge < -0.3 is 4.42 Å². The third-order valence-corrected chi connectivity index (χ3v) is 5.11. The van der Waals surface area contributed by atoms with Gasteiger partial charge in [-0.05, 0) is 52.9 Å². The van der Waals surface area contributed by atoms with Gasteiger partial charge in [0.2, 0.25) is 0 Å². The summed E-state index contributed by atoms with van der Waals surface area (Å²) in [7, 11) is 0. The van der Waals surface area contributed by atoms with Crippen molar-refractivity contribution in [3.05, 3.63) is 96.6 Å². The van der Waals surface area contributed by atoms with Crippen LogP contribution < -0.4 is 0 Å². The maximum Gasteiger partial charge on any atom is 0.136 e. The van der Waals surface area contributed by atoms with E-state index in [9.17, 15) is 0 Å². The first kappa shape index (κ1) is 15.0. The number of hydrogen-bond acceptors (Lipinski definition) is 1. The van der Waals surface area contributed by atoms with E-state index in [2.05, 4.69) is 85.8 Å². The van der Waals surface area contributed by atoms with E-state index in [0.717, 1.165) is 11.2 Å². The highest BCUT2D eigenvalue weighted by molar-refractivity contribution is 6.06. The molecule has 0 bridgehead atoms. The molecule has 1 aromatic heterocycles. The van der Waals surface area contributed by atoms with E-state index in [0.29, 0.717) is 0 Å². The molecule has 0 aliphatic carbocycles. The SMILES string of the molecule is Cc1c(-c2ccccc2)cccc1-c1ccc2c(c1)oc1ccccc12. The molecule has 124 valence electrons. The fraction of sp³-hybridized carbons (Fsp3) is 0.0400. The third-order valence-electron chi connectivity index (χ3n) is 5.11. The number of fused-ring (bicyclic) bond motifs is 3. The summed E-state index contributed by atoms with van der Waals surface area (Å²) in [5, 5.41) is 2.34. The Kier molecular flexibility index (Phi) is 3.39. The molecule has 0 saturated heterocycles. The molecule has 0 atom stereocenters. The first-order chi connectivity index (χ1) is 12.8. The van der Waals surface area contributed by atoms with Crippen LogP contribution >= 0.6 is 0 Å². The van der Waals surface area contributed by atoms with Gasteiger partial charge in [-0.2, -0.15) is 0 Å². The lowest BCUT2D eigenvalue weighted by Gasteiger charge is -2.12. The Hall–Kier alpha value is -3.32. The minimum atomic E-state index is 0.938. The van der Waals surface area contributed by atoms with Crippen LogP contribution in [0, 0.1) is 6.92 Å². The number of para-hydroxylation sites is 1. The number of benzene rings is 4. The average molecular weight is 334 g/mol. The lowest BCUT2D eigenvalue weighted by molar-refractivity contribution is 0.669. The van der Waals surface area contributed by atoms with Crippen LogP contribution in [-0.2, 0) is 0 Å². The average Bonchev–Trinajstić information content (AvgIpc) is 3.06. The van der Waals surface area contributed by atoms with Gasteiger partial charge in [-0.15, -0.1) is 0 Å². The minimum absolute atomic E-state index is 0.938. The fourth-order valence-electron chi connectivity index (χ4n) is 3.77. The lowest BCUT2D eigenvalue weighted by Crippen LogP contribution is -1.88. The van der Waals surface area contributed by atoms with Crippen molar-refractivity contribution in [3.8, 4) is 22.3 Å². The Bertz CT molecular complexity index is 1230. The second kappa shape index (κ2) is 5.89. The van der Waals surface area contributed by atoms with Crippen molar-refractivity contribution < 1.29 is 4.42 Å². The molecule has 5 rings (SSSR count). The van der Waals surface area contributed by atoms with Crippen LogP contribution in [0.4, 0.5) is 0 Å². The summed E-state index contributed by atoms with van der Waals surface area (Å²) in [6.07, 6.45) is 0. The molecule has 0 radical (unpaired) electrons. The van der Waals surface area contributed by atoms with Crippen LogP contribution in [0.2, 0.25) is 0 Å². The maximum absolute atomic E-state index is 6.07. The number of hydrogen-bond donors (Lipinski definition) is 0. The van der Waals surface area contributed by atoms with Crippen molar-refractivity contribution in [2.75, 3.05) is 0 Å². The van der Waals surface area contributed by atoms with E-state index < -0.39 is 0 Å². The first-order valence-electron chi connectivity index (χ1n) is 8.88. The molecule has 0 unspecified atom stereocenters. The number of rotatable bonds is 2. The van der Waals surface area contributed by atoms with Crippen molar-refractivity contribution in [1.82, 2.24) is 0 Å². The van der Waals surface area contributed by atoms with Crippen LogP contribution in [0.3, 0.4) is 0 Å². The highest BCUT2D eigenvalue weighted by Crippen LogP contribution is 2.35. The van der Waals surface area contributed by atoms with E-state index in [1.807, 2.05) is 12.1 Å². The zero-order valence-electron chi connectivity index (χ0n) is 14.6. The highest BCUT2D eigenvalue weighted by atomic mass is 16.3. The van der Waals surface area contributed by atoms with Gasteiger partial charge in [0.05, 0.1) is 0 Å². The van der Waals surface area contributed by atoms with Crippen LogP contribution in [-0.4, -0.2) is 0 Å². The summed E-state index contributed by atoms with van der Waals surface area (Å²) in [5.74, 6) is 0. The lowest BCUT2D eigenvalue weighted by atomic mass is 9.92. The normalized spacial score (nSPS) is 11.3. The van der Waals surface area contributed by atoms with Gasteiger partial charge in [-0.25, -0.2) is 0 Å². The van der Waals surface area contributed by atoms with Crippen LogP contribution in [0.5, 0.6) is 0 Å². The molecular formula is C25H18O. The van der Waals surface area contributed by atoms with Gasteiger partial charge in [0.25, 0.3) is 0 Å². The van der Waals surface area contributed by atoms with Gasteiger partial charge >= 0.3 is 0 Å². The van der Waals surface area contributed by atoms with Crippen LogP contribution in [0.25, 0.3) is 44.2 Å². The molecule has 0 fully saturated rings. The van der Waals surface area contributed by atoms with Crippen molar-refractivity contribution in [2.45, 2.75) is 6.92 Å². The molecular weight excluding hydrogens is 316 g/mol. The summed E-state index contributed by atoms with van der Waals surface area (Å²) in [6.45, 7) is 2.19. The first-order valence-corrected chi connectivity index (χ1v) is 8.88. The predicted molar refractivity (Wildman–Crippen MR) is 109 cm³/mol. The highest BCUT2D eigenvalue weighted by Gasteiger charge is 2.11. The maximum atomic E-state index is 6.07. The Balaban J connectivity index is 1.69. The molecule has 1 heterocycles. The van der Waals surface area contributed by atoms with Crippen molar-refractivity contribution in [3.63, 3.8) is 0 Å². The van der Waals surface area contributed by atoms with Crippen LogP contribution in [0.15, 0.2) is 95.4 Å². The zero-order valence-corrected chi connectivity index (χ0v) is 14.6. The minimum Gasteiger partial charge on any atom is -0.456 e. The van der Waals surface area contributed by atoms with Gasteiger partial charge in [-0.3, -0.25) is 0 Å². The van der Waals surface area contributed by atoms with E-state index >= 15 is 0 Å². The van der Waals surface area contributed by atoms with Crippen molar-refractivity contribution >= 4 is 21.9 Å². The Labute approximate surface area is 152 Å². The molecule has 0 spiro atoms. The molecule has 4 aromatic carbocycles. The monoisotopic (exact) mass is 334 g/mol.